The molecule has 0 fully saturated rings. The van der Waals surface area contributed by atoms with Gasteiger partial charge in [0.2, 0.25) is 0 Å². The molecule has 2 N–H and O–H groups in total. The molecule has 0 saturated heterocycles. The summed E-state index contributed by atoms with van der Waals surface area (Å²) in [6.07, 6.45) is 7.53. The Morgan fingerprint density at radius 1 is 1.26 bits per heavy atom. The van der Waals surface area contributed by atoms with Crippen molar-refractivity contribution in [1.82, 2.24) is 9.88 Å². The first-order chi connectivity index (χ1) is 9.07. The smallest absolute Gasteiger partial charge is 0.0514 e. The lowest BCUT2D eigenvalue weighted by Crippen LogP contribution is -2.43. The number of pyridine rings is 1. The molecule has 19 heavy (non-hydrogen) atoms. The van der Waals surface area contributed by atoms with Crippen LogP contribution in [0.4, 0.5) is 0 Å². The third-order valence-corrected chi connectivity index (χ3v) is 3.56. The fourth-order valence-corrected chi connectivity index (χ4v) is 2.61. The van der Waals surface area contributed by atoms with Crippen molar-refractivity contribution in [1.29, 1.82) is 0 Å². The number of unbranched alkanes of at least 4 members (excludes halogenated alkanes) is 2. The van der Waals surface area contributed by atoms with Gasteiger partial charge in [0.25, 0.3) is 0 Å². The Kier molecular flexibility index (Phi) is 7.03. The monoisotopic (exact) mass is 263 g/mol. The van der Waals surface area contributed by atoms with Crippen molar-refractivity contribution in [3.8, 4) is 0 Å². The van der Waals surface area contributed by atoms with Gasteiger partial charge in [0.05, 0.1) is 6.04 Å². The molecule has 2 unspecified atom stereocenters. The molecule has 1 aromatic rings. The first-order valence-electron chi connectivity index (χ1n) is 7.49. The zero-order valence-corrected chi connectivity index (χ0v) is 12.8. The van der Waals surface area contributed by atoms with Crippen molar-refractivity contribution in [2.75, 3.05) is 6.54 Å². The highest BCUT2D eigenvalue weighted by Crippen LogP contribution is 2.25. The lowest BCUT2D eigenvalue weighted by Gasteiger charge is -2.37. The summed E-state index contributed by atoms with van der Waals surface area (Å²) in [5.74, 6) is 0. The van der Waals surface area contributed by atoms with Crippen LogP contribution < -0.4 is 5.73 Å². The fraction of sp³-hybridized carbons (Fsp3) is 0.688. The maximum absolute atomic E-state index is 6.24. The highest BCUT2D eigenvalue weighted by atomic mass is 15.2. The molecule has 1 aromatic heterocycles. The maximum atomic E-state index is 6.24. The first kappa shape index (κ1) is 16.1. The van der Waals surface area contributed by atoms with Crippen molar-refractivity contribution < 1.29 is 0 Å². The van der Waals surface area contributed by atoms with E-state index in [0.717, 1.165) is 6.54 Å². The van der Waals surface area contributed by atoms with Gasteiger partial charge in [0, 0.05) is 24.5 Å². The molecule has 3 nitrogen and oxygen atoms in total. The summed E-state index contributed by atoms with van der Waals surface area (Å²) in [6.45, 7) is 9.93. The fourth-order valence-electron chi connectivity index (χ4n) is 2.61. The van der Waals surface area contributed by atoms with Crippen LogP contribution in [0, 0.1) is 0 Å². The van der Waals surface area contributed by atoms with Gasteiger partial charge >= 0.3 is 0 Å². The van der Waals surface area contributed by atoms with Crippen LogP contribution in [0.2, 0.25) is 0 Å². The highest BCUT2D eigenvalue weighted by molar-refractivity contribution is 5.16. The second-order valence-corrected chi connectivity index (χ2v) is 5.63. The highest BCUT2D eigenvalue weighted by Gasteiger charge is 2.25. The Labute approximate surface area is 118 Å². The molecule has 0 aromatic carbocycles. The average molecular weight is 263 g/mol. The van der Waals surface area contributed by atoms with E-state index in [0.29, 0.717) is 6.04 Å². The normalized spacial score (nSPS) is 14.9. The quantitative estimate of drug-likeness (QED) is 0.731. The minimum Gasteiger partial charge on any atom is -0.326 e. The predicted octanol–water partition coefficient (Wildman–Crippen LogP) is 3.37. The number of rotatable bonds is 8. The van der Waals surface area contributed by atoms with Crippen molar-refractivity contribution in [3.63, 3.8) is 0 Å². The van der Waals surface area contributed by atoms with E-state index < -0.39 is 0 Å². The minimum atomic E-state index is 0.105. The van der Waals surface area contributed by atoms with E-state index in [2.05, 4.69) is 43.6 Å². The molecule has 0 aliphatic heterocycles. The van der Waals surface area contributed by atoms with Gasteiger partial charge < -0.3 is 5.73 Å². The number of hydrogen-bond donors (Lipinski definition) is 1. The van der Waals surface area contributed by atoms with E-state index in [1.165, 1.54) is 24.8 Å². The van der Waals surface area contributed by atoms with E-state index in [4.69, 9.17) is 5.73 Å². The lowest BCUT2D eigenvalue weighted by atomic mass is 9.99. The molecule has 0 radical (unpaired) electrons. The zero-order valence-electron chi connectivity index (χ0n) is 12.8. The van der Waals surface area contributed by atoms with E-state index in [9.17, 15) is 0 Å². The van der Waals surface area contributed by atoms with E-state index in [-0.39, 0.29) is 12.1 Å². The summed E-state index contributed by atoms with van der Waals surface area (Å²) in [5, 5.41) is 0. The van der Waals surface area contributed by atoms with Gasteiger partial charge in [-0.1, -0.05) is 25.8 Å². The van der Waals surface area contributed by atoms with E-state index in [1.807, 2.05) is 18.5 Å². The molecule has 0 amide bonds. The number of nitrogens with two attached hydrogens (primary N) is 1. The molecule has 0 saturated carbocycles. The number of nitrogens with zero attached hydrogens (tertiary/aromatic N) is 2. The molecule has 0 aliphatic rings. The first-order valence-corrected chi connectivity index (χ1v) is 7.49. The largest absolute Gasteiger partial charge is 0.326 e. The van der Waals surface area contributed by atoms with Crippen molar-refractivity contribution in [2.24, 2.45) is 5.73 Å². The van der Waals surface area contributed by atoms with Gasteiger partial charge in [-0.05, 0) is 45.4 Å². The molecule has 1 heterocycles. The number of hydrogen-bond acceptors (Lipinski definition) is 3. The third-order valence-electron chi connectivity index (χ3n) is 3.56. The topological polar surface area (TPSA) is 42.2 Å². The van der Waals surface area contributed by atoms with Crippen LogP contribution in [0.15, 0.2) is 24.5 Å². The van der Waals surface area contributed by atoms with Crippen LogP contribution in [0.1, 0.15) is 58.6 Å². The van der Waals surface area contributed by atoms with Crippen LogP contribution in [-0.4, -0.2) is 28.5 Å². The molecular formula is C16H29N3. The Morgan fingerprint density at radius 2 is 2.00 bits per heavy atom. The predicted molar refractivity (Wildman–Crippen MR) is 82.0 cm³/mol. The Balaban J connectivity index is 2.87. The van der Waals surface area contributed by atoms with Crippen molar-refractivity contribution in [3.05, 3.63) is 30.1 Å². The summed E-state index contributed by atoms with van der Waals surface area (Å²) < 4.78 is 0. The molecule has 0 bridgehead atoms. The molecule has 0 spiro atoms. The number of aromatic nitrogens is 1. The van der Waals surface area contributed by atoms with Gasteiger partial charge in [-0.25, -0.2) is 0 Å². The summed E-state index contributed by atoms with van der Waals surface area (Å²) >= 11 is 0. The Morgan fingerprint density at radius 3 is 2.47 bits per heavy atom. The van der Waals surface area contributed by atoms with Crippen LogP contribution in [0.5, 0.6) is 0 Å². The van der Waals surface area contributed by atoms with Gasteiger partial charge in [0.15, 0.2) is 0 Å². The molecule has 2 atom stereocenters. The van der Waals surface area contributed by atoms with Crippen LogP contribution in [0.25, 0.3) is 0 Å². The average Bonchev–Trinajstić information content (AvgIpc) is 2.38. The van der Waals surface area contributed by atoms with E-state index >= 15 is 0 Å². The lowest BCUT2D eigenvalue weighted by molar-refractivity contribution is 0.133. The summed E-state index contributed by atoms with van der Waals surface area (Å²) in [7, 11) is 0. The second-order valence-electron chi connectivity index (χ2n) is 5.63. The van der Waals surface area contributed by atoms with Gasteiger partial charge in [0.1, 0.15) is 0 Å². The Hall–Kier alpha value is -0.930. The SMILES string of the molecule is CCCCCN(C(C)C)C(c1cccnc1)C(C)N. The molecule has 3 heteroatoms. The molecule has 1 rings (SSSR count). The van der Waals surface area contributed by atoms with Crippen LogP contribution >= 0.6 is 0 Å². The molecule has 108 valence electrons. The van der Waals surface area contributed by atoms with Gasteiger partial charge in [-0.3, -0.25) is 9.88 Å². The minimum absolute atomic E-state index is 0.105. The maximum Gasteiger partial charge on any atom is 0.0514 e. The van der Waals surface area contributed by atoms with Crippen molar-refractivity contribution in [2.45, 2.75) is 65.1 Å². The second kappa shape index (κ2) is 8.28. The molecular weight excluding hydrogens is 234 g/mol. The third kappa shape index (κ3) is 4.92. The summed E-state index contributed by atoms with van der Waals surface area (Å²) in [6, 6.07) is 4.98. The van der Waals surface area contributed by atoms with Crippen LogP contribution in [0.3, 0.4) is 0 Å². The van der Waals surface area contributed by atoms with E-state index in [1.54, 1.807) is 0 Å². The standard InChI is InChI=1S/C16H29N3/c1-5-6-7-11-19(13(2)3)16(14(4)17)15-9-8-10-18-12-15/h8-10,12-14,16H,5-7,11,17H2,1-4H3. The molecule has 0 aliphatic carbocycles. The summed E-state index contributed by atoms with van der Waals surface area (Å²) in [5.41, 5.74) is 7.47. The van der Waals surface area contributed by atoms with Gasteiger partial charge in [-0.15, -0.1) is 0 Å². The zero-order chi connectivity index (χ0) is 14.3. The van der Waals surface area contributed by atoms with Crippen LogP contribution in [-0.2, 0) is 0 Å². The summed E-state index contributed by atoms with van der Waals surface area (Å²) in [4.78, 5) is 6.76. The van der Waals surface area contributed by atoms with Gasteiger partial charge in [-0.2, -0.15) is 0 Å². The Bertz CT molecular complexity index is 335. The van der Waals surface area contributed by atoms with Crippen molar-refractivity contribution >= 4 is 0 Å².